The highest BCUT2D eigenvalue weighted by Gasteiger charge is 2.15. The predicted octanol–water partition coefficient (Wildman–Crippen LogP) is 0.687. The summed E-state index contributed by atoms with van der Waals surface area (Å²) in [6, 6.07) is 9.85. The molecule has 0 fully saturated rings. The van der Waals surface area contributed by atoms with Gasteiger partial charge in [0.05, 0.1) is 11.8 Å². The first-order valence-electron chi connectivity index (χ1n) is 5.43. The number of amides is 1. The van der Waals surface area contributed by atoms with E-state index in [4.69, 9.17) is 5.73 Å². The Labute approximate surface area is 109 Å². The van der Waals surface area contributed by atoms with Gasteiger partial charge < -0.3 is 5.73 Å². The molecule has 0 saturated heterocycles. The molecule has 1 atom stereocenters. The van der Waals surface area contributed by atoms with Crippen LogP contribution in [0.3, 0.4) is 0 Å². The first kappa shape index (κ1) is 12.6. The second kappa shape index (κ2) is 5.63. The topological polar surface area (TPSA) is 86.7 Å². The fraction of sp³-hybridized carbons (Fsp3) is 0.273. The quantitative estimate of drug-likeness (QED) is 0.802. The van der Waals surface area contributed by atoms with E-state index in [0.29, 0.717) is 11.7 Å². The minimum Gasteiger partial charge on any atom is -0.369 e. The van der Waals surface area contributed by atoms with Crippen LogP contribution in [0.1, 0.15) is 12.5 Å². The molecule has 18 heavy (non-hydrogen) atoms. The summed E-state index contributed by atoms with van der Waals surface area (Å²) in [6.45, 7) is 2.30. The first-order chi connectivity index (χ1) is 8.66. The highest BCUT2D eigenvalue weighted by molar-refractivity contribution is 8.00. The number of hydrogen-bond acceptors (Lipinski definition) is 5. The van der Waals surface area contributed by atoms with Crippen LogP contribution in [-0.2, 0) is 11.3 Å². The molecule has 2 rings (SSSR count). The summed E-state index contributed by atoms with van der Waals surface area (Å²) in [5.41, 5.74) is 6.31. The molecule has 94 valence electrons. The second-order valence-electron chi connectivity index (χ2n) is 3.77. The van der Waals surface area contributed by atoms with Crippen molar-refractivity contribution in [1.29, 1.82) is 0 Å². The van der Waals surface area contributed by atoms with Crippen LogP contribution in [0, 0.1) is 0 Å². The van der Waals surface area contributed by atoms with Crippen molar-refractivity contribution in [3.63, 3.8) is 0 Å². The Morgan fingerprint density at radius 2 is 2.17 bits per heavy atom. The van der Waals surface area contributed by atoms with Crippen molar-refractivity contribution in [1.82, 2.24) is 20.2 Å². The number of primary amides is 1. The summed E-state index contributed by atoms with van der Waals surface area (Å²) >= 11 is 1.26. The zero-order valence-corrected chi connectivity index (χ0v) is 10.7. The van der Waals surface area contributed by atoms with Crippen molar-refractivity contribution in [3.8, 4) is 0 Å². The molecule has 1 aromatic carbocycles. The molecule has 0 unspecified atom stereocenters. The maximum absolute atomic E-state index is 11.0. The summed E-state index contributed by atoms with van der Waals surface area (Å²) in [5.74, 6) is -0.380. The van der Waals surface area contributed by atoms with Gasteiger partial charge in [-0.25, -0.2) is 4.68 Å². The van der Waals surface area contributed by atoms with E-state index in [2.05, 4.69) is 15.5 Å². The van der Waals surface area contributed by atoms with Crippen molar-refractivity contribution in [2.75, 3.05) is 0 Å². The number of carbonyl (C=O) groups excluding carboxylic acids is 1. The summed E-state index contributed by atoms with van der Waals surface area (Å²) in [4.78, 5) is 11.0. The Bertz CT molecular complexity index is 527. The van der Waals surface area contributed by atoms with Crippen molar-refractivity contribution in [3.05, 3.63) is 35.9 Å². The molecule has 1 aromatic heterocycles. The van der Waals surface area contributed by atoms with E-state index in [1.807, 2.05) is 30.3 Å². The highest BCUT2D eigenvalue weighted by Crippen LogP contribution is 2.20. The standard InChI is InChI=1S/C11H13N5OS/c1-8(10(12)17)18-11-13-14-15-16(11)7-9-5-3-2-4-6-9/h2-6,8H,7H2,1H3,(H2,12,17)/t8-/m1/s1. The number of tetrazole rings is 1. The van der Waals surface area contributed by atoms with Crippen LogP contribution in [0.25, 0.3) is 0 Å². The van der Waals surface area contributed by atoms with Gasteiger partial charge in [0.25, 0.3) is 0 Å². The third-order valence-electron chi connectivity index (χ3n) is 2.36. The van der Waals surface area contributed by atoms with Gasteiger partial charge in [0.2, 0.25) is 11.1 Å². The maximum Gasteiger partial charge on any atom is 0.230 e. The van der Waals surface area contributed by atoms with E-state index < -0.39 is 0 Å². The fourth-order valence-electron chi connectivity index (χ4n) is 1.35. The first-order valence-corrected chi connectivity index (χ1v) is 6.31. The van der Waals surface area contributed by atoms with Gasteiger partial charge in [-0.3, -0.25) is 4.79 Å². The normalized spacial score (nSPS) is 12.3. The molecule has 0 saturated carbocycles. The zero-order valence-electron chi connectivity index (χ0n) is 9.85. The van der Waals surface area contributed by atoms with E-state index in [0.717, 1.165) is 5.56 Å². The van der Waals surface area contributed by atoms with Crippen molar-refractivity contribution >= 4 is 17.7 Å². The number of thioether (sulfide) groups is 1. The number of aromatic nitrogens is 4. The summed E-state index contributed by atoms with van der Waals surface area (Å²) in [6.07, 6.45) is 0. The van der Waals surface area contributed by atoms with Gasteiger partial charge in [-0.05, 0) is 22.9 Å². The molecular formula is C11H13N5OS. The summed E-state index contributed by atoms with van der Waals surface area (Å²) in [5, 5.41) is 11.7. The Hall–Kier alpha value is -1.89. The van der Waals surface area contributed by atoms with Crippen LogP contribution >= 0.6 is 11.8 Å². The molecule has 1 heterocycles. The van der Waals surface area contributed by atoms with Crippen molar-refractivity contribution < 1.29 is 4.79 Å². The van der Waals surface area contributed by atoms with Gasteiger partial charge >= 0.3 is 0 Å². The van der Waals surface area contributed by atoms with Crippen LogP contribution in [0.5, 0.6) is 0 Å². The Balaban J connectivity index is 2.11. The SMILES string of the molecule is C[C@@H](Sc1nnnn1Cc1ccccc1)C(N)=O. The van der Waals surface area contributed by atoms with E-state index >= 15 is 0 Å². The average molecular weight is 263 g/mol. The lowest BCUT2D eigenvalue weighted by Crippen LogP contribution is -2.23. The highest BCUT2D eigenvalue weighted by atomic mass is 32.2. The molecule has 0 aliphatic heterocycles. The van der Waals surface area contributed by atoms with Crippen molar-refractivity contribution in [2.45, 2.75) is 23.9 Å². The molecule has 2 aromatic rings. The molecule has 0 aliphatic rings. The van der Waals surface area contributed by atoms with E-state index in [1.165, 1.54) is 11.8 Å². The minimum atomic E-state index is -0.380. The van der Waals surface area contributed by atoms with Crippen LogP contribution in [-0.4, -0.2) is 31.4 Å². The fourth-order valence-corrected chi connectivity index (χ4v) is 2.09. The summed E-state index contributed by atoms with van der Waals surface area (Å²) < 4.78 is 1.65. The van der Waals surface area contributed by atoms with Gasteiger partial charge in [-0.2, -0.15) is 0 Å². The maximum atomic E-state index is 11.0. The third-order valence-corrected chi connectivity index (χ3v) is 3.45. The summed E-state index contributed by atoms with van der Waals surface area (Å²) in [7, 11) is 0. The average Bonchev–Trinajstić information content (AvgIpc) is 2.78. The van der Waals surface area contributed by atoms with Crippen molar-refractivity contribution in [2.24, 2.45) is 5.73 Å². The monoisotopic (exact) mass is 263 g/mol. The van der Waals surface area contributed by atoms with Crippen LogP contribution in [0.4, 0.5) is 0 Å². The Kier molecular flexibility index (Phi) is 3.93. The molecular weight excluding hydrogens is 250 g/mol. The largest absolute Gasteiger partial charge is 0.369 e. The smallest absolute Gasteiger partial charge is 0.230 e. The molecule has 0 aliphatic carbocycles. The molecule has 7 heteroatoms. The molecule has 2 N–H and O–H groups in total. The van der Waals surface area contributed by atoms with Gasteiger partial charge in [0.1, 0.15) is 0 Å². The predicted molar refractivity (Wildman–Crippen MR) is 67.9 cm³/mol. The number of nitrogens with zero attached hydrogens (tertiary/aromatic N) is 4. The number of hydrogen-bond donors (Lipinski definition) is 1. The van der Waals surface area contributed by atoms with Crippen LogP contribution in [0.15, 0.2) is 35.5 Å². The molecule has 6 nitrogen and oxygen atoms in total. The van der Waals surface area contributed by atoms with E-state index in [1.54, 1.807) is 11.6 Å². The van der Waals surface area contributed by atoms with Crippen LogP contribution in [0.2, 0.25) is 0 Å². The van der Waals surface area contributed by atoms with E-state index in [-0.39, 0.29) is 11.2 Å². The molecule has 0 radical (unpaired) electrons. The van der Waals surface area contributed by atoms with Gasteiger partial charge in [0, 0.05) is 0 Å². The third kappa shape index (κ3) is 3.07. The molecule has 1 amide bonds. The number of benzene rings is 1. The van der Waals surface area contributed by atoms with Gasteiger partial charge in [-0.1, -0.05) is 42.1 Å². The number of rotatable bonds is 5. The Morgan fingerprint density at radius 1 is 1.44 bits per heavy atom. The lowest BCUT2D eigenvalue weighted by Gasteiger charge is -2.07. The number of nitrogens with two attached hydrogens (primary N) is 1. The van der Waals surface area contributed by atoms with E-state index in [9.17, 15) is 4.79 Å². The zero-order chi connectivity index (χ0) is 13.0. The van der Waals surface area contributed by atoms with Gasteiger partial charge in [0.15, 0.2) is 0 Å². The lowest BCUT2D eigenvalue weighted by atomic mass is 10.2. The minimum absolute atomic E-state index is 0.356. The van der Waals surface area contributed by atoms with Crippen LogP contribution < -0.4 is 5.73 Å². The van der Waals surface area contributed by atoms with Gasteiger partial charge in [-0.15, -0.1) is 5.10 Å². The number of carbonyl (C=O) groups is 1. The molecule has 0 bridgehead atoms. The second-order valence-corrected chi connectivity index (χ2v) is 5.08. The molecule has 0 spiro atoms. The lowest BCUT2D eigenvalue weighted by molar-refractivity contribution is -0.117. The Morgan fingerprint density at radius 3 is 2.83 bits per heavy atom.